The van der Waals surface area contributed by atoms with Crippen LogP contribution < -0.4 is 0 Å². The minimum Gasteiger partial charge on any atom is -0.459 e. The summed E-state index contributed by atoms with van der Waals surface area (Å²) in [5.74, 6) is -0.247. The molecule has 0 saturated carbocycles. The van der Waals surface area contributed by atoms with Gasteiger partial charge in [0.05, 0.1) is 0 Å². The largest absolute Gasteiger partial charge is 0.459 e. The van der Waals surface area contributed by atoms with Gasteiger partial charge >= 0.3 is 5.97 Å². The summed E-state index contributed by atoms with van der Waals surface area (Å²) >= 11 is 0. The maximum Gasteiger partial charge on any atom is 0.326 e. The number of carbonyl (C=O) groups is 1. The van der Waals surface area contributed by atoms with Gasteiger partial charge in [-0.2, -0.15) is 0 Å². The van der Waals surface area contributed by atoms with E-state index in [-0.39, 0.29) is 12.5 Å². The Balaban J connectivity index is 2.23. The minimum atomic E-state index is -0.455. The maximum absolute atomic E-state index is 11.8. The van der Waals surface area contributed by atoms with Crippen LogP contribution in [0, 0.1) is 6.92 Å². The van der Waals surface area contributed by atoms with E-state index >= 15 is 0 Å². The first-order valence-electron chi connectivity index (χ1n) is 5.99. The molecule has 0 aliphatic carbocycles. The molecule has 0 saturated heterocycles. The van der Waals surface area contributed by atoms with Gasteiger partial charge in [-0.1, -0.05) is 0 Å². The topological polar surface area (TPSA) is 44.1 Å². The summed E-state index contributed by atoms with van der Waals surface area (Å²) in [6.45, 7) is 7.81. The molecule has 2 aromatic rings. The highest BCUT2D eigenvalue weighted by Gasteiger charge is 2.17. The Kier molecular flexibility index (Phi) is 3.11. The number of carbonyl (C=O) groups excluding carboxylic acids is 1. The van der Waals surface area contributed by atoms with Crippen molar-refractivity contribution in [3.63, 3.8) is 0 Å². The first-order chi connectivity index (χ1) is 8.37. The van der Waals surface area contributed by atoms with E-state index in [0.29, 0.717) is 0 Å². The molecule has 0 aliphatic heterocycles. The summed E-state index contributed by atoms with van der Waals surface area (Å²) < 4.78 is 7.12. The zero-order chi connectivity index (χ0) is 13.3. The Labute approximate surface area is 107 Å². The highest BCUT2D eigenvalue weighted by molar-refractivity contribution is 5.81. The number of rotatable bonds is 2. The van der Waals surface area contributed by atoms with Crippen LogP contribution in [0.15, 0.2) is 24.5 Å². The van der Waals surface area contributed by atoms with Gasteiger partial charge in [0, 0.05) is 17.8 Å². The molecule has 2 aromatic heterocycles. The van der Waals surface area contributed by atoms with Crippen molar-refractivity contribution < 1.29 is 9.53 Å². The zero-order valence-electron chi connectivity index (χ0n) is 11.2. The minimum absolute atomic E-state index is 0.192. The lowest BCUT2D eigenvalue weighted by molar-refractivity contribution is -0.155. The lowest BCUT2D eigenvalue weighted by atomic mass is 10.2. The fourth-order valence-corrected chi connectivity index (χ4v) is 1.87. The van der Waals surface area contributed by atoms with Crippen molar-refractivity contribution in [1.29, 1.82) is 0 Å². The molecule has 96 valence electrons. The van der Waals surface area contributed by atoms with Gasteiger partial charge in [-0.15, -0.1) is 0 Å². The van der Waals surface area contributed by atoms with Crippen molar-refractivity contribution in [2.24, 2.45) is 0 Å². The fourth-order valence-electron chi connectivity index (χ4n) is 1.87. The van der Waals surface area contributed by atoms with Crippen LogP contribution >= 0.6 is 0 Å². The molecular formula is C14H18N2O2. The molecule has 0 atom stereocenters. The quantitative estimate of drug-likeness (QED) is 0.765. The second kappa shape index (κ2) is 4.44. The number of aryl methyl sites for hydroxylation is 1. The number of aromatic nitrogens is 2. The van der Waals surface area contributed by atoms with E-state index in [1.54, 1.807) is 6.20 Å². The lowest BCUT2D eigenvalue weighted by Gasteiger charge is -2.19. The SMILES string of the molecule is Cc1ccnc2c1ccn2CC(=O)OC(C)(C)C. The number of pyridine rings is 1. The van der Waals surface area contributed by atoms with Gasteiger partial charge in [0.15, 0.2) is 0 Å². The monoisotopic (exact) mass is 246 g/mol. The van der Waals surface area contributed by atoms with Gasteiger partial charge < -0.3 is 9.30 Å². The maximum atomic E-state index is 11.8. The van der Waals surface area contributed by atoms with Gasteiger partial charge in [-0.3, -0.25) is 4.79 Å². The van der Waals surface area contributed by atoms with Crippen molar-refractivity contribution >= 4 is 17.0 Å². The average molecular weight is 246 g/mol. The first-order valence-corrected chi connectivity index (χ1v) is 5.99. The van der Waals surface area contributed by atoms with Crippen LogP contribution in [0.5, 0.6) is 0 Å². The van der Waals surface area contributed by atoms with Crippen LogP contribution in [-0.4, -0.2) is 21.1 Å². The smallest absolute Gasteiger partial charge is 0.326 e. The average Bonchev–Trinajstić information content (AvgIpc) is 2.60. The molecule has 0 radical (unpaired) electrons. The summed E-state index contributed by atoms with van der Waals surface area (Å²) in [4.78, 5) is 16.1. The third-order valence-electron chi connectivity index (χ3n) is 2.60. The van der Waals surface area contributed by atoms with Crippen LogP contribution in [0.4, 0.5) is 0 Å². The van der Waals surface area contributed by atoms with Crippen LogP contribution in [0.2, 0.25) is 0 Å². The van der Waals surface area contributed by atoms with Crippen molar-refractivity contribution in [2.75, 3.05) is 0 Å². The van der Waals surface area contributed by atoms with E-state index in [0.717, 1.165) is 16.6 Å². The van der Waals surface area contributed by atoms with Crippen LogP contribution in [0.1, 0.15) is 26.3 Å². The van der Waals surface area contributed by atoms with Crippen LogP contribution in [0.3, 0.4) is 0 Å². The standard InChI is InChI=1S/C14H18N2O2/c1-10-5-7-15-13-11(10)6-8-16(13)9-12(17)18-14(2,3)4/h5-8H,9H2,1-4H3. The van der Waals surface area contributed by atoms with E-state index in [9.17, 15) is 4.79 Å². The number of nitrogens with zero attached hydrogens (tertiary/aromatic N) is 2. The molecule has 0 bridgehead atoms. The van der Waals surface area contributed by atoms with Crippen molar-refractivity contribution in [3.8, 4) is 0 Å². The van der Waals surface area contributed by atoms with Crippen molar-refractivity contribution in [1.82, 2.24) is 9.55 Å². The number of esters is 1. The van der Waals surface area contributed by atoms with E-state index in [4.69, 9.17) is 4.74 Å². The predicted octanol–water partition coefficient (Wildman–Crippen LogP) is 2.69. The Morgan fingerprint density at radius 1 is 1.39 bits per heavy atom. The summed E-state index contributed by atoms with van der Waals surface area (Å²) in [5.41, 5.74) is 1.52. The van der Waals surface area contributed by atoms with E-state index in [1.165, 1.54) is 0 Å². The van der Waals surface area contributed by atoms with Crippen LogP contribution in [-0.2, 0) is 16.1 Å². The Morgan fingerprint density at radius 2 is 2.11 bits per heavy atom. The first kappa shape index (κ1) is 12.6. The molecule has 0 amide bonds. The molecule has 0 aliphatic rings. The molecule has 4 nitrogen and oxygen atoms in total. The third-order valence-corrected chi connectivity index (χ3v) is 2.60. The molecule has 0 aromatic carbocycles. The van der Waals surface area contributed by atoms with Crippen molar-refractivity contribution in [2.45, 2.75) is 39.8 Å². The van der Waals surface area contributed by atoms with E-state index in [2.05, 4.69) is 4.98 Å². The number of hydrogen-bond acceptors (Lipinski definition) is 3. The predicted molar refractivity (Wildman–Crippen MR) is 70.3 cm³/mol. The molecule has 0 fully saturated rings. The molecule has 0 unspecified atom stereocenters. The second-order valence-electron chi connectivity index (χ2n) is 5.40. The normalized spacial score (nSPS) is 11.8. The fraction of sp³-hybridized carbons (Fsp3) is 0.429. The highest BCUT2D eigenvalue weighted by atomic mass is 16.6. The Morgan fingerprint density at radius 3 is 2.78 bits per heavy atom. The Bertz CT molecular complexity index is 579. The van der Waals surface area contributed by atoms with Gasteiger partial charge in [-0.05, 0) is 45.4 Å². The molecule has 0 spiro atoms. The van der Waals surface area contributed by atoms with E-state index < -0.39 is 5.60 Å². The number of hydrogen-bond donors (Lipinski definition) is 0. The van der Waals surface area contributed by atoms with E-state index in [1.807, 2.05) is 50.6 Å². The van der Waals surface area contributed by atoms with Crippen molar-refractivity contribution in [3.05, 3.63) is 30.1 Å². The zero-order valence-corrected chi connectivity index (χ0v) is 11.2. The van der Waals surface area contributed by atoms with Gasteiger partial charge in [0.1, 0.15) is 17.8 Å². The molecule has 0 N–H and O–H groups in total. The summed E-state index contributed by atoms with van der Waals surface area (Å²) in [7, 11) is 0. The summed E-state index contributed by atoms with van der Waals surface area (Å²) in [6.07, 6.45) is 3.62. The summed E-state index contributed by atoms with van der Waals surface area (Å²) in [5, 5.41) is 1.07. The lowest BCUT2D eigenvalue weighted by Crippen LogP contribution is -2.26. The van der Waals surface area contributed by atoms with Gasteiger partial charge in [0.2, 0.25) is 0 Å². The highest BCUT2D eigenvalue weighted by Crippen LogP contribution is 2.17. The number of fused-ring (bicyclic) bond motifs is 1. The second-order valence-corrected chi connectivity index (χ2v) is 5.40. The summed E-state index contributed by atoms with van der Waals surface area (Å²) in [6, 6.07) is 3.93. The molecule has 18 heavy (non-hydrogen) atoms. The van der Waals surface area contributed by atoms with Gasteiger partial charge in [0.25, 0.3) is 0 Å². The molecular weight excluding hydrogens is 228 g/mol. The molecule has 4 heteroatoms. The number of ether oxygens (including phenoxy) is 1. The van der Waals surface area contributed by atoms with Crippen LogP contribution in [0.25, 0.3) is 11.0 Å². The Hall–Kier alpha value is -1.84. The molecule has 2 heterocycles. The molecule has 2 rings (SSSR count). The van der Waals surface area contributed by atoms with Gasteiger partial charge in [-0.25, -0.2) is 4.98 Å². The third kappa shape index (κ3) is 2.70.